The molecule has 0 fully saturated rings. The molecule has 0 bridgehead atoms. The second-order valence-electron chi connectivity index (χ2n) is 6.37. The maximum atomic E-state index is 13.2. The van der Waals surface area contributed by atoms with Crippen LogP contribution in [0.4, 0.5) is 10.1 Å². The Morgan fingerprint density at radius 2 is 1.90 bits per heavy atom. The van der Waals surface area contributed by atoms with Crippen LogP contribution in [0.3, 0.4) is 0 Å². The Balaban J connectivity index is 1.70. The van der Waals surface area contributed by atoms with E-state index in [-0.39, 0.29) is 12.2 Å². The summed E-state index contributed by atoms with van der Waals surface area (Å²) in [5.41, 5.74) is 2.60. The number of carboxylic acid groups (broad SMARTS) is 1. The largest absolute Gasteiger partial charge is 0.493 e. The lowest BCUT2D eigenvalue weighted by Gasteiger charge is -2.15. The van der Waals surface area contributed by atoms with E-state index in [1.54, 1.807) is 37.4 Å². The van der Waals surface area contributed by atoms with Crippen LogP contribution in [0.2, 0.25) is 5.02 Å². The smallest absolute Gasteiger partial charge is 0.335 e. The van der Waals surface area contributed by atoms with Gasteiger partial charge in [-0.15, -0.1) is 0 Å². The molecule has 0 amide bonds. The number of rotatable bonds is 8. The third kappa shape index (κ3) is 5.43. The zero-order valence-electron chi connectivity index (χ0n) is 15.9. The molecule has 0 saturated heterocycles. The van der Waals surface area contributed by atoms with E-state index in [2.05, 4.69) is 21.2 Å². The molecule has 0 atom stereocenters. The van der Waals surface area contributed by atoms with E-state index in [9.17, 15) is 9.18 Å². The van der Waals surface area contributed by atoms with Crippen molar-refractivity contribution in [3.63, 3.8) is 0 Å². The molecule has 0 unspecified atom stereocenters. The van der Waals surface area contributed by atoms with Crippen LogP contribution in [0.25, 0.3) is 0 Å². The normalized spacial score (nSPS) is 10.5. The minimum Gasteiger partial charge on any atom is -0.493 e. The highest BCUT2D eigenvalue weighted by Gasteiger charge is 2.13. The molecule has 0 heterocycles. The standard InChI is InChI=1S/C22H18BrClFNO4/c1-29-20-9-13(11-26-17-6-3-14(4-7-17)22(27)28)8-18(23)21(20)30-12-15-2-5-16(25)10-19(15)24/h2-10,26H,11-12H2,1H3,(H,27,28). The van der Waals surface area contributed by atoms with Gasteiger partial charge in [0.25, 0.3) is 0 Å². The van der Waals surface area contributed by atoms with Crippen LogP contribution in [0.15, 0.2) is 59.1 Å². The van der Waals surface area contributed by atoms with Crippen molar-refractivity contribution in [2.45, 2.75) is 13.2 Å². The number of carboxylic acids is 1. The fourth-order valence-corrected chi connectivity index (χ4v) is 3.56. The van der Waals surface area contributed by atoms with Gasteiger partial charge in [0, 0.05) is 17.8 Å². The van der Waals surface area contributed by atoms with Gasteiger partial charge in [0.2, 0.25) is 0 Å². The van der Waals surface area contributed by atoms with Gasteiger partial charge in [0.1, 0.15) is 12.4 Å². The number of aromatic carboxylic acids is 1. The summed E-state index contributed by atoms with van der Waals surface area (Å²) < 4.78 is 25.2. The van der Waals surface area contributed by atoms with Crippen LogP contribution < -0.4 is 14.8 Å². The van der Waals surface area contributed by atoms with Gasteiger partial charge in [-0.2, -0.15) is 0 Å². The van der Waals surface area contributed by atoms with Crippen molar-refractivity contribution in [2.75, 3.05) is 12.4 Å². The first-order chi connectivity index (χ1) is 14.4. The topological polar surface area (TPSA) is 67.8 Å². The Kier molecular flexibility index (Phi) is 7.18. The maximum Gasteiger partial charge on any atom is 0.335 e. The predicted octanol–water partition coefficient (Wildman–Crippen LogP) is 6.14. The van der Waals surface area contributed by atoms with Gasteiger partial charge >= 0.3 is 5.97 Å². The summed E-state index contributed by atoms with van der Waals surface area (Å²) in [6.45, 7) is 0.646. The minimum atomic E-state index is -0.965. The number of ether oxygens (including phenoxy) is 2. The first-order valence-electron chi connectivity index (χ1n) is 8.87. The summed E-state index contributed by atoms with van der Waals surface area (Å²) in [5, 5.41) is 12.5. The van der Waals surface area contributed by atoms with E-state index in [1.807, 2.05) is 12.1 Å². The van der Waals surface area contributed by atoms with E-state index in [1.165, 1.54) is 12.1 Å². The molecule has 5 nitrogen and oxygen atoms in total. The number of hydrogen-bond acceptors (Lipinski definition) is 4. The molecule has 0 aliphatic carbocycles. The molecular weight excluding hydrogens is 477 g/mol. The molecule has 30 heavy (non-hydrogen) atoms. The summed E-state index contributed by atoms with van der Waals surface area (Å²) in [7, 11) is 1.54. The van der Waals surface area contributed by atoms with Crippen molar-refractivity contribution >= 4 is 39.2 Å². The third-order valence-corrected chi connectivity index (χ3v) is 5.25. The van der Waals surface area contributed by atoms with Crippen LogP contribution in [0.1, 0.15) is 21.5 Å². The number of benzene rings is 3. The third-order valence-electron chi connectivity index (χ3n) is 4.30. The molecule has 0 radical (unpaired) electrons. The number of hydrogen-bond donors (Lipinski definition) is 2. The van der Waals surface area contributed by atoms with Crippen molar-refractivity contribution in [3.05, 3.63) is 86.6 Å². The lowest BCUT2D eigenvalue weighted by molar-refractivity contribution is 0.0697. The predicted molar refractivity (Wildman–Crippen MR) is 117 cm³/mol. The quantitative estimate of drug-likeness (QED) is 0.394. The van der Waals surface area contributed by atoms with Gasteiger partial charge in [0.05, 0.1) is 22.2 Å². The Bertz CT molecular complexity index is 1060. The highest BCUT2D eigenvalue weighted by molar-refractivity contribution is 9.10. The number of halogens is 3. The van der Waals surface area contributed by atoms with E-state index in [4.69, 9.17) is 26.2 Å². The monoisotopic (exact) mass is 493 g/mol. The highest BCUT2D eigenvalue weighted by atomic mass is 79.9. The molecular formula is C22H18BrClFNO4. The summed E-state index contributed by atoms with van der Waals surface area (Å²) >= 11 is 9.56. The number of carbonyl (C=O) groups is 1. The molecule has 0 aromatic heterocycles. The fourth-order valence-electron chi connectivity index (χ4n) is 2.74. The Morgan fingerprint density at radius 3 is 2.53 bits per heavy atom. The molecule has 3 rings (SSSR count). The van der Waals surface area contributed by atoms with Crippen LogP contribution in [0.5, 0.6) is 11.5 Å². The molecule has 3 aromatic rings. The highest BCUT2D eigenvalue weighted by Crippen LogP contribution is 2.37. The molecule has 0 aliphatic rings. The summed E-state index contributed by atoms with van der Waals surface area (Å²) in [6, 6.07) is 14.4. The molecule has 156 valence electrons. The fraction of sp³-hybridized carbons (Fsp3) is 0.136. The molecule has 0 aliphatic heterocycles. The van der Waals surface area contributed by atoms with Crippen molar-refractivity contribution in [1.82, 2.24) is 0 Å². The molecule has 8 heteroatoms. The zero-order valence-corrected chi connectivity index (χ0v) is 18.3. The van der Waals surface area contributed by atoms with Gasteiger partial charge < -0.3 is 19.9 Å². The van der Waals surface area contributed by atoms with Crippen LogP contribution in [-0.2, 0) is 13.2 Å². The van der Waals surface area contributed by atoms with Gasteiger partial charge in [-0.3, -0.25) is 0 Å². The van der Waals surface area contributed by atoms with Crippen LogP contribution in [0, 0.1) is 5.82 Å². The van der Waals surface area contributed by atoms with Crippen molar-refractivity contribution in [2.24, 2.45) is 0 Å². The summed E-state index contributed by atoms with van der Waals surface area (Å²) in [5.74, 6) is -0.335. The number of nitrogens with one attached hydrogen (secondary N) is 1. The van der Waals surface area contributed by atoms with Crippen molar-refractivity contribution in [3.8, 4) is 11.5 Å². The lowest BCUT2D eigenvalue weighted by atomic mass is 10.1. The Labute approximate surface area is 186 Å². The van der Waals surface area contributed by atoms with E-state index < -0.39 is 11.8 Å². The first kappa shape index (κ1) is 21.9. The number of methoxy groups -OCH3 is 1. The SMILES string of the molecule is COc1cc(CNc2ccc(C(=O)O)cc2)cc(Br)c1OCc1ccc(F)cc1Cl. The van der Waals surface area contributed by atoms with E-state index >= 15 is 0 Å². The van der Waals surface area contributed by atoms with Crippen LogP contribution in [-0.4, -0.2) is 18.2 Å². The lowest BCUT2D eigenvalue weighted by Crippen LogP contribution is -2.03. The second kappa shape index (κ2) is 9.82. The van der Waals surface area contributed by atoms with Crippen molar-refractivity contribution in [1.29, 1.82) is 0 Å². The summed E-state index contributed by atoms with van der Waals surface area (Å²) in [4.78, 5) is 10.9. The van der Waals surface area contributed by atoms with Gasteiger partial charge in [-0.25, -0.2) is 9.18 Å². The van der Waals surface area contributed by atoms with Crippen LogP contribution >= 0.6 is 27.5 Å². The average Bonchev–Trinajstić information content (AvgIpc) is 2.72. The Hall–Kier alpha value is -2.77. The molecule has 0 saturated carbocycles. The minimum absolute atomic E-state index is 0.154. The number of anilines is 1. The zero-order chi connectivity index (χ0) is 21.7. The average molecular weight is 495 g/mol. The Morgan fingerprint density at radius 1 is 1.17 bits per heavy atom. The molecule has 2 N–H and O–H groups in total. The van der Waals surface area contributed by atoms with E-state index in [0.717, 1.165) is 11.3 Å². The van der Waals surface area contributed by atoms with E-state index in [0.29, 0.717) is 33.1 Å². The van der Waals surface area contributed by atoms with Gasteiger partial charge in [0.15, 0.2) is 11.5 Å². The second-order valence-corrected chi connectivity index (χ2v) is 7.63. The molecule has 0 spiro atoms. The van der Waals surface area contributed by atoms with Gasteiger partial charge in [-0.1, -0.05) is 17.7 Å². The van der Waals surface area contributed by atoms with Gasteiger partial charge in [-0.05, 0) is 70.0 Å². The van der Waals surface area contributed by atoms with Crippen molar-refractivity contribution < 1.29 is 23.8 Å². The maximum absolute atomic E-state index is 13.2. The molecule has 3 aromatic carbocycles. The summed E-state index contributed by atoms with van der Waals surface area (Å²) in [6.07, 6.45) is 0. The first-order valence-corrected chi connectivity index (χ1v) is 10.0.